The molecular weight excluding hydrogens is 1460 g/mol. The van der Waals surface area contributed by atoms with Gasteiger partial charge in [0.1, 0.15) is 30.1 Å². The van der Waals surface area contributed by atoms with Gasteiger partial charge in [-0.25, -0.2) is 44.9 Å². The van der Waals surface area contributed by atoms with Crippen molar-refractivity contribution >= 4 is 68.9 Å². The van der Waals surface area contributed by atoms with E-state index >= 15 is 0 Å². The molecule has 12 heterocycles. The van der Waals surface area contributed by atoms with E-state index in [1.54, 1.807) is 125 Å². The van der Waals surface area contributed by atoms with Crippen LogP contribution in [0.25, 0.3) is 11.6 Å². The predicted molar refractivity (Wildman–Crippen MR) is 384 cm³/mol. The summed E-state index contributed by atoms with van der Waals surface area (Å²) in [6.45, 7) is 6.65. The number of nitrogens with two attached hydrogens (primary N) is 11. The van der Waals surface area contributed by atoms with Crippen molar-refractivity contribution in [3.8, 4) is 11.6 Å². The molecule has 1 unspecified atom stereocenters. The van der Waals surface area contributed by atoms with Crippen molar-refractivity contribution in [2.75, 3.05) is 11.0 Å². The number of hydrogen-bond acceptors (Lipinski definition) is 34. The Balaban J connectivity index is 0.000000283. The molecule has 1 aliphatic rings. The van der Waals surface area contributed by atoms with E-state index in [0.29, 0.717) is 87.2 Å². The number of benzene rings is 1. The summed E-state index contributed by atoms with van der Waals surface area (Å²) in [5.41, 5.74) is 63.0. The first-order chi connectivity index (χ1) is 47.9. The molecule has 1 atom stereocenters. The summed E-state index contributed by atoms with van der Waals surface area (Å²) in [6, 6.07) is 21.1. The van der Waals surface area contributed by atoms with E-state index in [2.05, 4.69) is 101 Å². The summed E-state index contributed by atoms with van der Waals surface area (Å²) < 4.78 is 12.2. The third-order valence-electron chi connectivity index (χ3n) is 11.2. The van der Waals surface area contributed by atoms with Crippen LogP contribution in [-0.4, -0.2) is 113 Å². The zero-order valence-corrected chi connectivity index (χ0v) is 60.0. The Hall–Kier alpha value is -8.46. The molecule has 38 heteroatoms. The zero-order valence-electron chi connectivity index (χ0n) is 53.8. The normalized spacial score (nSPS) is 10.6. The van der Waals surface area contributed by atoms with Crippen molar-refractivity contribution in [3.05, 3.63) is 234 Å². The Morgan fingerprint density at radius 2 is 1.37 bits per heavy atom. The fraction of sp³-hybridized carbons (Fsp3) is 0.267. The Morgan fingerprint density at radius 3 is 1.81 bits per heavy atom. The molecule has 98 heavy (non-hydrogen) atoms. The average molecular weight is 1550 g/mol. The summed E-state index contributed by atoms with van der Waals surface area (Å²) in [4.78, 5) is 48.7. The number of halogens is 2. The van der Waals surface area contributed by atoms with Gasteiger partial charge >= 0.3 is 68.3 Å². The van der Waals surface area contributed by atoms with Gasteiger partial charge in [-0.2, -0.15) is 20.4 Å². The van der Waals surface area contributed by atoms with E-state index < -0.39 is 0 Å². The minimum atomic E-state index is -0.0603. The van der Waals surface area contributed by atoms with Gasteiger partial charge in [0.25, 0.3) is 0 Å². The maximum atomic E-state index is 6.04. The number of thiazole rings is 3. The van der Waals surface area contributed by atoms with E-state index in [-0.39, 0.29) is 27.5 Å². The van der Waals surface area contributed by atoms with Gasteiger partial charge in [0.05, 0.1) is 47.0 Å². The molecule has 0 radical (unpaired) electrons. The molecule has 11 aromatic heterocycles. The molecule has 1 aromatic carbocycles. The first kappa shape index (κ1) is 83.8. The van der Waals surface area contributed by atoms with E-state index in [9.17, 15) is 0 Å². The molecule has 0 amide bonds. The molecule has 0 fully saturated rings. The van der Waals surface area contributed by atoms with Crippen molar-refractivity contribution < 1.29 is 25.9 Å². The monoisotopic (exact) mass is 1540 g/mol. The number of nitrogens with one attached hydrogen (secondary N) is 2. The Labute approximate surface area is 599 Å². The molecule has 24 N–H and O–H groups in total. The Bertz CT molecular complexity index is 3520. The maximum absolute atomic E-state index is 6.04. The average Bonchev–Trinajstić information content (AvgIpc) is 1.79. The van der Waals surface area contributed by atoms with Crippen LogP contribution in [-0.2, 0) is 65.2 Å². The number of aryl methyl sites for hydroxylation is 2. The van der Waals surface area contributed by atoms with E-state index in [0.717, 1.165) is 89.0 Å². The third kappa shape index (κ3) is 39.7. The molecule has 0 saturated carbocycles. The molecular formula is C60H84ClIN31OS4-. The molecule has 13 rings (SSSR count). The number of pyridine rings is 1. The van der Waals surface area contributed by atoms with E-state index in [1.807, 2.05) is 73.2 Å². The molecule has 32 nitrogen and oxygen atoms in total. The standard InChI is InChI=1S/C11H13N3.C8H10N4O.C6H8N2.3C5H7N3.C5H8N2S.C4H5ClN2S.C4H7IN3S.C4H6N2S.C3H6N4/c12-11(8-10-6-7-13-14-10)9-4-2-1-3-5-9;9-4-3-7-10-8(12-11-7)6-2-1-5-13-6;7-5-6-1-3-8-4-2-6;6-3-5-4-7-1-2-8-5;6-3-5-1-2-7-4-8-5;6-4-5-7-2-1-3-8-5;1-4-7-3-5(2-6)8-4;5-4-7-2-3(1-6)8-4;6-5-2-1-4-8-7-3-9-4;5-1-4-2-7-3-6-4;4-1-3-5-2-6-7-3/h1-5,7,11H,6,8,12H2;1-2,5H,3-4,9H2,(H,10,11,12);1-4H,5,7H2;2*1-2,4H,3,6H2;1-3H,4,6H2;3H,2,6H2,1H3;2H,1,6H2;3H,1-2,6H2;2-3H,1,5H2;2H,1,4H2,(H,5,6,7)/q;;;;;;;;-1;;. The van der Waals surface area contributed by atoms with Crippen LogP contribution in [0.4, 0.5) is 0 Å². The van der Waals surface area contributed by atoms with Gasteiger partial charge in [0, 0.05) is 154 Å². The Morgan fingerprint density at radius 1 is 0.622 bits per heavy atom. The van der Waals surface area contributed by atoms with Gasteiger partial charge in [-0.3, -0.25) is 25.1 Å². The third-order valence-corrected chi connectivity index (χ3v) is 15.8. The van der Waals surface area contributed by atoms with E-state index in [4.69, 9.17) is 77.3 Å². The SMILES string of the molecule is Cc1ncc(CN)s1.NC(CC1=NN=CC1)c1ccccc1.NCCc1nc(-c2ccco2)n[nH]1.NCc1ccncc1.NCc1ccncn1.NCc1cnc(Cl)s1.NCc1cnccn1.NCc1cscn1.NCc1ncccn1.NCc1ncn[nH]1.N[I-]CCc1nncs1. The summed E-state index contributed by atoms with van der Waals surface area (Å²) in [5, 5.41) is 32.5. The Kier molecular flexibility index (Phi) is 47.5. The molecule has 1 aliphatic heterocycles. The predicted octanol–water partition coefficient (Wildman–Crippen LogP) is 1.89. The number of aromatic amines is 2. The fourth-order valence-electron chi connectivity index (χ4n) is 6.38. The van der Waals surface area contributed by atoms with Crippen LogP contribution in [0.2, 0.25) is 4.47 Å². The number of alkyl halides is 1. The van der Waals surface area contributed by atoms with Crippen LogP contribution >= 0.6 is 56.9 Å². The number of aromatic nitrogens is 18. The summed E-state index contributed by atoms with van der Waals surface area (Å²) in [5.74, 6) is 3.44. The second kappa shape index (κ2) is 55.5. The van der Waals surface area contributed by atoms with Crippen molar-refractivity contribution in [1.29, 1.82) is 0 Å². The quantitative estimate of drug-likeness (QED) is 0.0352. The molecule has 0 bridgehead atoms. The number of rotatable bonds is 17. The number of H-pyrrole nitrogens is 2. The van der Waals surface area contributed by atoms with Gasteiger partial charge in [-0.15, -0.1) is 34.0 Å². The summed E-state index contributed by atoms with van der Waals surface area (Å²) in [7, 11) is 0. The first-order valence-corrected chi connectivity index (χ1v) is 36.1. The molecule has 0 saturated heterocycles. The second-order valence-corrected chi connectivity index (χ2v) is 24.9. The second-order valence-electron chi connectivity index (χ2n) is 18.3. The minimum absolute atomic E-state index is 0.0386. The van der Waals surface area contributed by atoms with Gasteiger partial charge in [0.15, 0.2) is 10.2 Å². The fourth-order valence-corrected chi connectivity index (χ4v) is 10.2. The van der Waals surface area contributed by atoms with Crippen LogP contribution in [0.3, 0.4) is 0 Å². The number of hydrogen-bond donors (Lipinski definition) is 13. The van der Waals surface area contributed by atoms with Gasteiger partial charge in [-0.1, -0.05) is 41.9 Å². The summed E-state index contributed by atoms with van der Waals surface area (Å²) in [6.07, 6.45) is 26.6. The van der Waals surface area contributed by atoms with Crippen molar-refractivity contribution in [3.63, 3.8) is 0 Å². The molecule has 12 aromatic rings. The molecule has 0 spiro atoms. The van der Waals surface area contributed by atoms with E-state index in [1.165, 1.54) is 24.0 Å². The van der Waals surface area contributed by atoms with Crippen molar-refractivity contribution in [1.82, 2.24) is 90.4 Å². The topological polar surface area (TPSA) is 562 Å². The van der Waals surface area contributed by atoms with Crippen molar-refractivity contribution in [2.24, 2.45) is 71.5 Å². The summed E-state index contributed by atoms with van der Waals surface area (Å²) >= 11 is 11.7. The van der Waals surface area contributed by atoms with Crippen molar-refractivity contribution in [2.45, 2.75) is 91.0 Å². The van der Waals surface area contributed by atoms with Crippen LogP contribution in [0.15, 0.2) is 179 Å². The number of nitrogens with zero attached hydrogens (tertiary/aromatic N) is 18. The van der Waals surface area contributed by atoms with Crippen LogP contribution in [0.5, 0.6) is 0 Å². The van der Waals surface area contributed by atoms with Gasteiger partial charge in [0.2, 0.25) is 5.82 Å². The van der Waals surface area contributed by atoms with Crippen LogP contribution in [0.1, 0.15) is 84.3 Å². The number of furan rings is 1. The first-order valence-electron chi connectivity index (χ1n) is 29.5. The van der Waals surface area contributed by atoms with Crippen LogP contribution in [0, 0.1) is 6.92 Å². The van der Waals surface area contributed by atoms with Crippen LogP contribution < -0.4 is 82.8 Å². The van der Waals surface area contributed by atoms with Gasteiger partial charge in [-0.05, 0) is 61.0 Å². The molecule has 524 valence electrons. The molecule has 0 aliphatic carbocycles. The van der Waals surface area contributed by atoms with Gasteiger partial charge < -0.3 is 61.8 Å². The zero-order chi connectivity index (χ0) is 70.9.